The van der Waals surface area contributed by atoms with Gasteiger partial charge in [0.1, 0.15) is 5.82 Å². The van der Waals surface area contributed by atoms with Gasteiger partial charge in [-0.3, -0.25) is 4.39 Å². The molecule has 1 aliphatic heterocycles. The molecule has 0 atom stereocenters. The lowest BCUT2D eigenvalue weighted by molar-refractivity contribution is 0.0696. The van der Waals surface area contributed by atoms with Crippen LogP contribution in [-0.4, -0.2) is 42.3 Å². The van der Waals surface area contributed by atoms with Crippen molar-refractivity contribution in [3.63, 3.8) is 0 Å². The second-order valence-corrected chi connectivity index (χ2v) is 10.8. The number of aromatic carboxylic acids is 1. The molecular weight excluding hydrogens is 516 g/mol. The summed E-state index contributed by atoms with van der Waals surface area (Å²) >= 11 is 0. The van der Waals surface area contributed by atoms with Gasteiger partial charge >= 0.3 is 5.97 Å². The number of carboxylic acids is 1. The highest BCUT2D eigenvalue weighted by molar-refractivity contribution is 6.01. The van der Waals surface area contributed by atoms with Crippen molar-refractivity contribution >= 4 is 29.5 Å². The van der Waals surface area contributed by atoms with E-state index in [0.717, 1.165) is 78.7 Å². The number of allylic oxidation sites excluding steroid dienone is 1. The van der Waals surface area contributed by atoms with Crippen molar-refractivity contribution in [1.82, 2.24) is 4.90 Å². The molecule has 0 bridgehead atoms. The van der Waals surface area contributed by atoms with Crippen LogP contribution in [0.3, 0.4) is 0 Å². The Labute approximate surface area is 236 Å². The summed E-state index contributed by atoms with van der Waals surface area (Å²) < 4.78 is 26.8. The number of alkyl halides is 1. The van der Waals surface area contributed by atoms with Crippen molar-refractivity contribution in [2.45, 2.75) is 46.0 Å². The van der Waals surface area contributed by atoms with Crippen LogP contribution in [0.5, 0.6) is 0 Å². The summed E-state index contributed by atoms with van der Waals surface area (Å²) in [4.78, 5) is 14.0. The van der Waals surface area contributed by atoms with Crippen LogP contribution in [0.4, 0.5) is 8.78 Å². The second-order valence-electron chi connectivity index (χ2n) is 10.8. The summed E-state index contributed by atoms with van der Waals surface area (Å²) in [5.74, 6) is -0.512. The van der Waals surface area contributed by atoms with E-state index in [9.17, 15) is 18.7 Å². The normalized spacial score (nSPS) is 15.8. The Balaban J connectivity index is 0.00000353. The van der Waals surface area contributed by atoms with Crippen LogP contribution >= 0.6 is 12.4 Å². The summed E-state index contributed by atoms with van der Waals surface area (Å²) in [6, 6.07) is 17.6. The Hall–Kier alpha value is -3.02. The van der Waals surface area contributed by atoms with Gasteiger partial charge in [0.15, 0.2) is 0 Å². The molecular formula is C33H36ClF2NO2. The van der Waals surface area contributed by atoms with E-state index in [0.29, 0.717) is 23.5 Å². The molecule has 1 N–H and O–H groups in total. The highest BCUT2D eigenvalue weighted by Crippen LogP contribution is 2.41. The Morgan fingerprint density at radius 3 is 2.38 bits per heavy atom. The third-order valence-electron chi connectivity index (χ3n) is 8.25. The number of rotatable bonds is 8. The number of carboxylic acid groups (broad SMARTS) is 1. The largest absolute Gasteiger partial charge is 0.478 e. The number of likely N-dealkylation sites (tertiary alicyclic amines) is 1. The smallest absolute Gasteiger partial charge is 0.335 e. The molecule has 206 valence electrons. The number of fused-ring (bicyclic) bond motifs is 1. The van der Waals surface area contributed by atoms with Crippen LogP contribution in [0.1, 0.15) is 68.6 Å². The van der Waals surface area contributed by atoms with Gasteiger partial charge in [-0.25, -0.2) is 9.18 Å². The van der Waals surface area contributed by atoms with Gasteiger partial charge in [-0.15, -0.1) is 12.4 Å². The molecule has 3 aromatic rings. The Kier molecular flexibility index (Phi) is 9.24. The van der Waals surface area contributed by atoms with E-state index in [1.54, 1.807) is 12.1 Å². The van der Waals surface area contributed by atoms with Gasteiger partial charge in [-0.05, 0) is 120 Å². The maximum Gasteiger partial charge on any atom is 0.335 e. The van der Waals surface area contributed by atoms with Gasteiger partial charge in [0, 0.05) is 19.6 Å². The van der Waals surface area contributed by atoms with E-state index in [1.807, 2.05) is 32.0 Å². The van der Waals surface area contributed by atoms with Crippen LogP contribution in [0.25, 0.3) is 11.1 Å². The standard InChI is InChI=1S/C33H35F2NO2.ClH/c1-21-22(2)31(35)14-13-28(21)30-6-3-5-26-18-27(33(37)38)11-12-29(26)32(30)25-9-7-23(8-10-25)17-24-19-36(20-24)16-4-15-34;/h7-14,18,24H,3-6,15-17,19-20H2,1-2H3,(H,37,38);1H. The van der Waals surface area contributed by atoms with Crippen molar-refractivity contribution in [1.29, 1.82) is 0 Å². The predicted molar refractivity (Wildman–Crippen MR) is 156 cm³/mol. The summed E-state index contributed by atoms with van der Waals surface area (Å²) in [5, 5.41) is 9.58. The van der Waals surface area contributed by atoms with Gasteiger partial charge in [-0.2, -0.15) is 0 Å². The lowest BCUT2D eigenvalue weighted by Crippen LogP contribution is -2.47. The third-order valence-corrected chi connectivity index (χ3v) is 8.25. The predicted octanol–water partition coefficient (Wildman–Crippen LogP) is 7.69. The summed E-state index contributed by atoms with van der Waals surface area (Å²) in [6.45, 7) is 6.45. The molecule has 39 heavy (non-hydrogen) atoms. The summed E-state index contributed by atoms with van der Waals surface area (Å²) in [7, 11) is 0. The molecule has 3 nitrogen and oxygen atoms in total. The molecule has 0 unspecified atom stereocenters. The average Bonchev–Trinajstić information content (AvgIpc) is 3.08. The molecule has 1 fully saturated rings. The van der Waals surface area contributed by atoms with E-state index in [-0.39, 0.29) is 24.9 Å². The minimum absolute atomic E-state index is 0. The first-order chi connectivity index (χ1) is 18.4. The minimum atomic E-state index is -0.920. The van der Waals surface area contributed by atoms with Gasteiger partial charge < -0.3 is 10.0 Å². The van der Waals surface area contributed by atoms with Crippen LogP contribution in [0, 0.1) is 25.6 Å². The highest BCUT2D eigenvalue weighted by atomic mass is 35.5. The molecule has 6 heteroatoms. The van der Waals surface area contributed by atoms with E-state index in [4.69, 9.17) is 0 Å². The van der Waals surface area contributed by atoms with Crippen LogP contribution < -0.4 is 0 Å². The molecule has 0 amide bonds. The lowest BCUT2D eigenvalue weighted by atomic mass is 9.84. The molecule has 5 rings (SSSR count). The van der Waals surface area contributed by atoms with Crippen molar-refractivity contribution in [2.24, 2.45) is 5.92 Å². The molecule has 0 saturated carbocycles. The molecule has 0 radical (unpaired) electrons. The molecule has 0 aromatic heterocycles. The Morgan fingerprint density at radius 2 is 1.69 bits per heavy atom. The van der Waals surface area contributed by atoms with E-state index < -0.39 is 5.97 Å². The third kappa shape index (κ3) is 6.10. The average molecular weight is 552 g/mol. The van der Waals surface area contributed by atoms with Gasteiger partial charge in [0.25, 0.3) is 0 Å². The highest BCUT2D eigenvalue weighted by Gasteiger charge is 2.27. The molecule has 1 saturated heterocycles. The number of aryl methyl sites for hydroxylation is 1. The second kappa shape index (κ2) is 12.4. The van der Waals surface area contributed by atoms with Crippen molar-refractivity contribution in [3.05, 3.63) is 105 Å². The van der Waals surface area contributed by atoms with E-state index in [1.165, 1.54) is 11.1 Å². The molecule has 2 aliphatic rings. The zero-order valence-electron chi connectivity index (χ0n) is 22.6. The zero-order chi connectivity index (χ0) is 26.8. The quantitative estimate of drug-likeness (QED) is 0.312. The molecule has 3 aromatic carbocycles. The Bertz CT molecular complexity index is 1380. The van der Waals surface area contributed by atoms with Gasteiger partial charge in [0.2, 0.25) is 0 Å². The maximum atomic E-state index is 14.4. The number of benzene rings is 3. The SMILES string of the molecule is Cc1c(F)ccc(C2=C(c3ccc(CC4CN(CCCF)C4)cc3)c3ccc(C(=O)O)cc3CCC2)c1C.Cl. The first-order valence-corrected chi connectivity index (χ1v) is 13.6. The molecule has 1 heterocycles. The fourth-order valence-corrected chi connectivity index (χ4v) is 6.05. The number of carbonyl (C=O) groups is 1. The number of hydrogen-bond donors (Lipinski definition) is 1. The van der Waals surface area contributed by atoms with Crippen LogP contribution in [0.15, 0.2) is 54.6 Å². The maximum absolute atomic E-state index is 14.4. The molecule has 1 aliphatic carbocycles. The van der Waals surface area contributed by atoms with Crippen molar-refractivity contribution in [2.75, 3.05) is 26.3 Å². The van der Waals surface area contributed by atoms with Crippen LogP contribution in [0.2, 0.25) is 0 Å². The van der Waals surface area contributed by atoms with Gasteiger partial charge in [-0.1, -0.05) is 36.4 Å². The number of nitrogens with zero attached hydrogens (tertiary/aromatic N) is 1. The van der Waals surface area contributed by atoms with E-state index >= 15 is 0 Å². The van der Waals surface area contributed by atoms with Crippen molar-refractivity contribution in [3.8, 4) is 0 Å². The topological polar surface area (TPSA) is 40.5 Å². The first kappa shape index (κ1) is 29.0. The summed E-state index contributed by atoms with van der Waals surface area (Å²) in [6.07, 6.45) is 4.14. The fourth-order valence-electron chi connectivity index (χ4n) is 6.05. The number of hydrogen-bond acceptors (Lipinski definition) is 2. The van der Waals surface area contributed by atoms with Crippen LogP contribution in [-0.2, 0) is 12.8 Å². The fraction of sp³-hybridized carbons (Fsp3) is 0.364. The monoisotopic (exact) mass is 551 g/mol. The first-order valence-electron chi connectivity index (χ1n) is 13.6. The minimum Gasteiger partial charge on any atom is -0.478 e. The van der Waals surface area contributed by atoms with Crippen molar-refractivity contribution < 1.29 is 18.7 Å². The van der Waals surface area contributed by atoms with Gasteiger partial charge in [0.05, 0.1) is 12.2 Å². The molecule has 0 spiro atoms. The Morgan fingerprint density at radius 1 is 0.974 bits per heavy atom. The lowest BCUT2D eigenvalue weighted by Gasteiger charge is -2.39. The zero-order valence-corrected chi connectivity index (χ0v) is 23.4. The summed E-state index contributed by atoms with van der Waals surface area (Å²) in [5.41, 5.74) is 9.73. The van der Waals surface area contributed by atoms with E-state index in [2.05, 4.69) is 29.2 Å². The number of halogens is 3.